The van der Waals surface area contributed by atoms with E-state index in [1.807, 2.05) is 6.07 Å². The summed E-state index contributed by atoms with van der Waals surface area (Å²) in [6.45, 7) is 2.06. The Kier molecular flexibility index (Phi) is 4.25. The van der Waals surface area contributed by atoms with Crippen molar-refractivity contribution in [2.75, 3.05) is 20.1 Å². The van der Waals surface area contributed by atoms with Crippen molar-refractivity contribution in [2.45, 2.75) is 31.7 Å². The van der Waals surface area contributed by atoms with Gasteiger partial charge in [-0.2, -0.15) is 0 Å². The highest BCUT2D eigenvalue weighted by Gasteiger charge is 2.20. The van der Waals surface area contributed by atoms with Gasteiger partial charge in [-0.15, -0.1) is 0 Å². The highest BCUT2D eigenvalue weighted by atomic mass is 16.1. The molecule has 21 heavy (non-hydrogen) atoms. The molecule has 0 bridgehead atoms. The zero-order chi connectivity index (χ0) is 14.7. The van der Waals surface area contributed by atoms with Crippen LogP contribution in [0.15, 0.2) is 30.5 Å². The molecule has 2 heterocycles. The predicted octanol–water partition coefficient (Wildman–Crippen LogP) is 2.31. The van der Waals surface area contributed by atoms with Crippen LogP contribution in [0.1, 0.15) is 24.8 Å². The number of likely N-dealkylation sites (tertiary alicyclic amines) is 1. The monoisotopic (exact) mass is 285 g/mol. The van der Waals surface area contributed by atoms with Gasteiger partial charge in [-0.05, 0) is 44.5 Å². The molecule has 1 fully saturated rings. The smallest absolute Gasteiger partial charge is 0.220 e. The Bertz CT molecular complexity index is 619. The number of H-pyrrole nitrogens is 1. The Morgan fingerprint density at radius 3 is 3.10 bits per heavy atom. The molecule has 1 atom stereocenters. The number of carbonyl (C=O) groups excluding carboxylic acids is 1. The molecule has 4 heteroatoms. The van der Waals surface area contributed by atoms with Gasteiger partial charge in [0.1, 0.15) is 0 Å². The van der Waals surface area contributed by atoms with Crippen LogP contribution in [0, 0.1) is 0 Å². The predicted molar refractivity (Wildman–Crippen MR) is 85.3 cm³/mol. The normalized spacial score (nSPS) is 19.2. The minimum absolute atomic E-state index is 0.190. The van der Waals surface area contributed by atoms with Crippen molar-refractivity contribution in [3.05, 3.63) is 36.0 Å². The second kappa shape index (κ2) is 6.31. The maximum atomic E-state index is 12.0. The third-order valence-corrected chi connectivity index (χ3v) is 4.28. The van der Waals surface area contributed by atoms with Crippen molar-refractivity contribution in [1.29, 1.82) is 0 Å². The first kappa shape index (κ1) is 14.1. The van der Waals surface area contributed by atoms with E-state index in [0.717, 1.165) is 32.4 Å². The molecule has 3 rings (SSSR count). The summed E-state index contributed by atoms with van der Waals surface area (Å²) < 4.78 is 0. The fraction of sp³-hybridized carbons (Fsp3) is 0.471. The molecule has 0 radical (unpaired) electrons. The molecule has 0 aliphatic carbocycles. The Morgan fingerprint density at radius 1 is 1.43 bits per heavy atom. The molecule has 0 saturated carbocycles. The number of rotatable bonds is 5. The zero-order valence-electron chi connectivity index (χ0n) is 12.6. The molecule has 1 aromatic heterocycles. The van der Waals surface area contributed by atoms with Crippen molar-refractivity contribution >= 4 is 16.8 Å². The number of aryl methyl sites for hydroxylation is 1. The minimum Gasteiger partial charge on any atom is -0.361 e. The first-order valence-corrected chi connectivity index (χ1v) is 7.75. The highest BCUT2D eigenvalue weighted by Crippen LogP contribution is 2.19. The van der Waals surface area contributed by atoms with Gasteiger partial charge in [-0.1, -0.05) is 18.2 Å². The van der Waals surface area contributed by atoms with E-state index in [1.165, 1.54) is 16.5 Å². The summed E-state index contributed by atoms with van der Waals surface area (Å²) in [4.78, 5) is 17.5. The molecule has 1 aliphatic rings. The maximum absolute atomic E-state index is 12.0. The van der Waals surface area contributed by atoms with E-state index in [1.54, 1.807) is 0 Å². The summed E-state index contributed by atoms with van der Waals surface area (Å²) >= 11 is 0. The second-order valence-corrected chi connectivity index (χ2v) is 6.03. The van der Waals surface area contributed by atoms with Gasteiger partial charge < -0.3 is 15.2 Å². The van der Waals surface area contributed by atoms with Gasteiger partial charge in [0.05, 0.1) is 0 Å². The Hall–Kier alpha value is -1.81. The van der Waals surface area contributed by atoms with E-state index in [0.29, 0.717) is 12.5 Å². The molecular formula is C17H23N3O. The lowest BCUT2D eigenvalue weighted by Gasteiger charge is -2.12. The number of likely N-dealkylation sites (N-methyl/N-ethyl adjacent to an activating group) is 1. The maximum Gasteiger partial charge on any atom is 0.220 e. The van der Waals surface area contributed by atoms with Gasteiger partial charge >= 0.3 is 0 Å². The van der Waals surface area contributed by atoms with E-state index >= 15 is 0 Å². The topological polar surface area (TPSA) is 48.1 Å². The van der Waals surface area contributed by atoms with Gasteiger partial charge in [0.15, 0.2) is 0 Å². The van der Waals surface area contributed by atoms with Crippen molar-refractivity contribution in [1.82, 2.24) is 15.2 Å². The number of aromatic nitrogens is 1. The van der Waals surface area contributed by atoms with Crippen molar-refractivity contribution in [3.8, 4) is 0 Å². The van der Waals surface area contributed by atoms with E-state index < -0.39 is 0 Å². The van der Waals surface area contributed by atoms with Gasteiger partial charge in [0, 0.05) is 36.1 Å². The quantitative estimate of drug-likeness (QED) is 0.885. The van der Waals surface area contributed by atoms with E-state index in [-0.39, 0.29) is 5.91 Å². The molecule has 1 aromatic carbocycles. The van der Waals surface area contributed by atoms with Crippen LogP contribution in [0.5, 0.6) is 0 Å². The van der Waals surface area contributed by atoms with Crippen LogP contribution in [0.2, 0.25) is 0 Å². The van der Waals surface area contributed by atoms with Crippen LogP contribution in [0.25, 0.3) is 10.9 Å². The van der Waals surface area contributed by atoms with Gasteiger partial charge in [0.2, 0.25) is 5.91 Å². The number of hydrogen-bond donors (Lipinski definition) is 2. The lowest BCUT2D eigenvalue weighted by molar-refractivity contribution is -0.121. The average molecular weight is 285 g/mol. The molecule has 0 spiro atoms. The van der Waals surface area contributed by atoms with Crippen LogP contribution in [0.3, 0.4) is 0 Å². The number of amides is 1. The average Bonchev–Trinajstić information content (AvgIpc) is 3.06. The zero-order valence-corrected chi connectivity index (χ0v) is 12.6. The van der Waals surface area contributed by atoms with Crippen molar-refractivity contribution < 1.29 is 4.79 Å². The largest absolute Gasteiger partial charge is 0.361 e. The van der Waals surface area contributed by atoms with Gasteiger partial charge in [-0.3, -0.25) is 4.79 Å². The van der Waals surface area contributed by atoms with Crippen molar-refractivity contribution in [2.24, 2.45) is 0 Å². The van der Waals surface area contributed by atoms with Crippen LogP contribution in [-0.2, 0) is 11.2 Å². The molecular weight excluding hydrogens is 262 g/mol. The van der Waals surface area contributed by atoms with Gasteiger partial charge in [0.25, 0.3) is 0 Å². The lowest BCUT2D eigenvalue weighted by atomic mass is 10.1. The Labute approximate surface area is 125 Å². The van der Waals surface area contributed by atoms with E-state index in [9.17, 15) is 4.79 Å². The lowest BCUT2D eigenvalue weighted by Crippen LogP contribution is -2.36. The first-order chi connectivity index (χ1) is 10.2. The molecule has 1 aliphatic heterocycles. The number of para-hydroxylation sites is 1. The number of hydrogen-bond acceptors (Lipinski definition) is 2. The van der Waals surface area contributed by atoms with Crippen LogP contribution in [-0.4, -0.2) is 42.0 Å². The molecule has 1 unspecified atom stereocenters. The van der Waals surface area contributed by atoms with E-state index in [4.69, 9.17) is 0 Å². The first-order valence-electron chi connectivity index (χ1n) is 7.75. The minimum atomic E-state index is 0.190. The summed E-state index contributed by atoms with van der Waals surface area (Å²) in [7, 11) is 2.10. The molecule has 2 N–H and O–H groups in total. The number of benzene rings is 1. The SMILES string of the molecule is CN1CCC(NC(=O)CCCc2c[nH]c3ccccc23)C1. The number of carbonyl (C=O) groups is 1. The Morgan fingerprint density at radius 2 is 2.29 bits per heavy atom. The van der Waals surface area contributed by atoms with Gasteiger partial charge in [-0.25, -0.2) is 0 Å². The third kappa shape index (κ3) is 3.45. The third-order valence-electron chi connectivity index (χ3n) is 4.28. The number of aromatic amines is 1. The fourth-order valence-corrected chi connectivity index (χ4v) is 3.13. The number of nitrogens with one attached hydrogen (secondary N) is 2. The van der Waals surface area contributed by atoms with Crippen molar-refractivity contribution in [3.63, 3.8) is 0 Å². The summed E-state index contributed by atoms with van der Waals surface area (Å²) in [6.07, 6.45) is 5.59. The summed E-state index contributed by atoms with van der Waals surface area (Å²) in [5, 5.41) is 4.41. The standard InChI is InChI=1S/C17H23N3O/c1-20-10-9-14(12-20)19-17(21)8-4-5-13-11-18-16-7-3-2-6-15(13)16/h2-3,6-7,11,14,18H,4-5,8-10,12H2,1H3,(H,19,21). The molecule has 1 amide bonds. The highest BCUT2D eigenvalue weighted by molar-refractivity contribution is 5.83. The van der Waals surface area contributed by atoms with Crippen LogP contribution >= 0.6 is 0 Å². The summed E-state index contributed by atoms with van der Waals surface area (Å²) in [5.74, 6) is 0.190. The van der Waals surface area contributed by atoms with E-state index in [2.05, 4.69) is 46.6 Å². The fourth-order valence-electron chi connectivity index (χ4n) is 3.13. The Balaban J connectivity index is 1.46. The number of nitrogens with zero attached hydrogens (tertiary/aromatic N) is 1. The van der Waals surface area contributed by atoms with Crippen LogP contribution < -0.4 is 5.32 Å². The van der Waals surface area contributed by atoms with Crippen LogP contribution in [0.4, 0.5) is 0 Å². The molecule has 4 nitrogen and oxygen atoms in total. The molecule has 2 aromatic rings. The number of fused-ring (bicyclic) bond motifs is 1. The molecule has 1 saturated heterocycles. The summed E-state index contributed by atoms with van der Waals surface area (Å²) in [5.41, 5.74) is 2.48. The summed E-state index contributed by atoms with van der Waals surface area (Å²) in [6, 6.07) is 8.66. The second-order valence-electron chi connectivity index (χ2n) is 6.03. The molecule has 112 valence electrons.